The van der Waals surface area contributed by atoms with Gasteiger partial charge in [-0.1, -0.05) is 0 Å². The van der Waals surface area contributed by atoms with Gasteiger partial charge in [-0.25, -0.2) is 4.79 Å². The Labute approximate surface area is 180 Å². The summed E-state index contributed by atoms with van der Waals surface area (Å²) >= 11 is 0. The molecule has 10 heteroatoms. The Hall–Kier alpha value is -3.43. The molecule has 0 aliphatic carbocycles. The molecule has 3 rings (SSSR count). The number of ether oxygens (including phenoxy) is 3. The summed E-state index contributed by atoms with van der Waals surface area (Å²) < 4.78 is 18.6. The summed E-state index contributed by atoms with van der Waals surface area (Å²) in [5.74, 6) is 1.08. The molecule has 10 nitrogen and oxygen atoms in total. The highest BCUT2D eigenvalue weighted by Gasteiger charge is 2.27. The number of benzene rings is 1. The lowest BCUT2D eigenvalue weighted by Crippen LogP contribution is -2.52. The van der Waals surface area contributed by atoms with Gasteiger partial charge in [-0.2, -0.15) is 0 Å². The molecule has 1 aliphatic heterocycles. The summed E-state index contributed by atoms with van der Waals surface area (Å²) in [5.41, 5.74) is 0.839. The number of nitrogens with zero attached hydrogens (tertiary/aromatic N) is 4. The number of methoxy groups -OCH3 is 3. The quantitative estimate of drug-likeness (QED) is 0.674. The number of hydrogen-bond donors (Lipinski definition) is 0. The standard InChI is InChI=1S/C21H28N4O6/c1-13-17(20(27)23(3)21(28)22(13)2)24-7-9-25(10-8-24)19(26)14-11-15(29-4)18(31-6)16(12-14)30-5/h11-12H,7-10H2,1-6H3. The van der Waals surface area contributed by atoms with Crippen molar-refractivity contribution < 1.29 is 19.0 Å². The van der Waals surface area contributed by atoms with Crippen molar-refractivity contribution >= 4 is 11.6 Å². The number of carbonyl (C=O) groups is 1. The van der Waals surface area contributed by atoms with E-state index >= 15 is 0 Å². The topological polar surface area (TPSA) is 95.2 Å². The molecule has 31 heavy (non-hydrogen) atoms. The van der Waals surface area contributed by atoms with Crippen LogP contribution in [-0.4, -0.2) is 67.4 Å². The maximum absolute atomic E-state index is 13.1. The van der Waals surface area contributed by atoms with Gasteiger partial charge in [-0.3, -0.25) is 18.7 Å². The first-order valence-electron chi connectivity index (χ1n) is 9.86. The summed E-state index contributed by atoms with van der Waals surface area (Å²) in [7, 11) is 7.62. The van der Waals surface area contributed by atoms with Gasteiger partial charge in [0.25, 0.3) is 11.5 Å². The molecule has 1 aromatic carbocycles. The Balaban J connectivity index is 1.83. The van der Waals surface area contributed by atoms with E-state index in [9.17, 15) is 14.4 Å². The highest BCUT2D eigenvalue weighted by Crippen LogP contribution is 2.38. The van der Waals surface area contributed by atoms with E-state index in [-0.39, 0.29) is 17.2 Å². The van der Waals surface area contributed by atoms with Crippen molar-refractivity contribution in [3.05, 3.63) is 44.2 Å². The molecule has 1 aliphatic rings. The number of amides is 1. The molecule has 168 valence electrons. The predicted octanol–water partition coefficient (Wildman–Crippen LogP) is 0.381. The van der Waals surface area contributed by atoms with Crippen molar-refractivity contribution in [1.82, 2.24) is 14.0 Å². The predicted molar refractivity (Wildman–Crippen MR) is 116 cm³/mol. The van der Waals surface area contributed by atoms with Gasteiger partial charge in [-0.05, 0) is 19.1 Å². The molecular formula is C21H28N4O6. The second-order valence-corrected chi connectivity index (χ2v) is 7.33. The van der Waals surface area contributed by atoms with Gasteiger partial charge < -0.3 is 24.0 Å². The van der Waals surface area contributed by atoms with Crippen molar-refractivity contribution in [3.63, 3.8) is 0 Å². The number of anilines is 1. The van der Waals surface area contributed by atoms with Crippen molar-refractivity contribution in [2.75, 3.05) is 52.4 Å². The lowest BCUT2D eigenvalue weighted by atomic mass is 10.1. The minimum absolute atomic E-state index is 0.163. The first-order chi connectivity index (χ1) is 14.7. The average molecular weight is 432 g/mol. The van der Waals surface area contributed by atoms with E-state index in [0.29, 0.717) is 60.4 Å². The van der Waals surface area contributed by atoms with Crippen molar-refractivity contribution in [2.24, 2.45) is 14.1 Å². The first kappa shape index (κ1) is 22.3. The Kier molecular flexibility index (Phi) is 6.28. The summed E-state index contributed by atoms with van der Waals surface area (Å²) in [6.07, 6.45) is 0. The highest BCUT2D eigenvalue weighted by atomic mass is 16.5. The van der Waals surface area contributed by atoms with Gasteiger partial charge >= 0.3 is 5.69 Å². The Morgan fingerprint density at radius 3 is 1.90 bits per heavy atom. The number of aromatic nitrogens is 2. The van der Waals surface area contributed by atoms with Crippen LogP contribution >= 0.6 is 0 Å². The van der Waals surface area contributed by atoms with Crippen LogP contribution in [-0.2, 0) is 14.1 Å². The van der Waals surface area contributed by atoms with Gasteiger partial charge in [0.05, 0.1) is 21.3 Å². The molecule has 1 saturated heterocycles. The van der Waals surface area contributed by atoms with E-state index in [4.69, 9.17) is 14.2 Å². The van der Waals surface area contributed by atoms with E-state index in [1.165, 1.54) is 32.9 Å². The van der Waals surface area contributed by atoms with Crippen LogP contribution in [0, 0.1) is 6.92 Å². The molecule has 1 amide bonds. The molecule has 1 aromatic heterocycles. The number of piperazine rings is 1. The van der Waals surface area contributed by atoms with E-state index in [1.54, 1.807) is 31.0 Å². The largest absolute Gasteiger partial charge is 0.493 e. The molecule has 0 radical (unpaired) electrons. The van der Waals surface area contributed by atoms with E-state index in [1.807, 2.05) is 4.90 Å². The average Bonchev–Trinajstić information content (AvgIpc) is 2.80. The lowest BCUT2D eigenvalue weighted by molar-refractivity contribution is 0.0745. The third-order valence-corrected chi connectivity index (χ3v) is 5.72. The van der Waals surface area contributed by atoms with E-state index in [2.05, 4.69) is 0 Å². The molecular weight excluding hydrogens is 404 g/mol. The third-order valence-electron chi connectivity index (χ3n) is 5.72. The lowest BCUT2D eigenvalue weighted by Gasteiger charge is -2.36. The SMILES string of the molecule is COc1cc(C(=O)N2CCN(c3c(C)n(C)c(=O)n(C)c3=O)CC2)cc(OC)c1OC. The second-order valence-electron chi connectivity index (χ2n) is 7.33. The fourth-order valence-electron chi connectivity index (χ4n) is 3.81. The first-order valence-corrected chi connectivity index (χ1v) is 9.86. The summed E-state index contributed by atoms with van der Waals surface area (Å²) in [4.78, 5) is 41.6. The van der Waals surface area contributed by atoms with E-state index in [0.717, 1.165) is 4.57 Å². The highest BCUT2D eigenvalue weighted by molar-refractivity contribution is 5.95. The van der Waals surface area contributed by atoms with Crippen LogP contribution < -0.4 is 30.4 Å². The Bertz CT molecular complexity index is 1090. The Morgan fingerprint density at radius 1 is 0.871 bits per heavy atom. The van der Waals surface area contributed by atoms with Crippen LogP contribution in [0.5, 0.6) is 17.2 Å². The van der Waals surface area contributed by atoms with Crippen LogP contribution in [0.15, 0.2) is 21.7 Å². The molecule has 0 atom stereocenters. The second kappa shape index (κ2) is 8.75. The minimum Gasteiger partial charge on any atom is -0.493 e. The minimum atomic E-state index is -0.359. The monoisotopic (exact) mass is 432 g/mol. The third kappa shape index (κ3) is 3.85. The van der Waals surface area contributed by atoms with Crippen LogP contribution in [0.25, 0.3) is 0 Å². The summed E-state index contributed by atoms with van der Waals surface area (Å²) in [6.45, 7) is 3.57. The molecule has 2 aromatic rings. The maximum atomic E-state index is 13.1. The zero-order chi connectivity index (χ0) is 22.9. The molecule has 2 heterocycles. The molecule has 0 unspecified atom stereocenters. The Morgan fingerprint density at radius 2 is 1.42 bits per heavy atom. The summed E-state index contributed by atoms with van der Waals surface area (Å²) in [5, 5.41) is 0. The van der Waals surface area contributed by atoms with Gasteiger partial charge in [-0.15, -0.1) is 0 Å². The normalized spacial score (nSPS) is 13.9. The molecule has 0 saturated carbocycles. The number of hydrogen-bond acceptors (Lipinski definition) is 7. The molecule has 0 bridgehead atoms. The van der Waals surface area contributed by atoms with Crippen molar-refractivity contribution in [3.8, 4) is 17.2 Å². The van der Waals surface area contributed by atoms with Gasteiger partial charge in [0, 0.05) is 51.5 Å². The molecule has 0 N–H and O–H groups in total. The van der Waals surface area contributed by atoms with Crippen molar-refractivity contribution in [1.29, 1.82) is 0 Å². The summed E-state index contributed by atoms with van der Waals surface area (Å²) in [6, 6.07) is 3.26. The van der Waals surface area contributed by atoms with Gasteiger partial charge in [0.15, 0.2) is 11.5 Å². The number of rotatable bonds is 5. The van der Waals surface area contributed by atoms with Crippen molar-refractivity contribution in [2.45, 2.75) is 6.92 Å². The van der Waals surface area contributed by atoms with Crippen LogP contribution in [0.3, 0.4) is 0 Å². The zero-order valence-electron chi connectivity index (χ0n) is 18.7. The zero-order valence-corrected chi connectivity index (χ0v) is 18.7. The smallest absolute Gasteiger partial charge is 0.330 e. The maximum Gasteiger partial charge on any atom is 0.330 e. The fourth-order valence-corrected chi connectivity index (χ4v) is 3.81. The van der Waals surface area contributed by atoms with Crippen LogP contribution in [0.2, 0.25) is 0 Å². The number of carbonyl (C=O) groups excluding carboxylic acids is 1. The van der Waals surface area contributed by atoms with Gasteiger partial charge in [0.1, 0.15) is 5.69 Å². The molecule has 1 fully saturated rings. The molecule has 0 spiro atoms. The van der Waals surface area contributed by atoms with Crippen LogP contribution in [0.1, 0.15) is 16.1 Å². The van der Waals surface area contributed by atoms with Gasteiger partial charge in [0.2, 0.25) is 5.75 Å². The van der Waals surface area contributed by atoms with E-state index < -0.39 is 0 Å². The fraction of sp³-hybridized carbons (Fsp3) is 0.476. The van der Waals surface area contributed by atoms with Crippen LogP contribution in [0.4, 0.5) is 5.69 Å².